The Kier molecular flexibility index (Phi) is 4.41. The summed E-state index contributed by atoms with van der Waals surface area (Å²) in [6.07, 6.45) is 1.98. The number of hydrogen-bond donors (Lipinski definition) is 0. The zero-order valence-electron chi connectivity index (χ0n) is 12.1. The molecular formula is C18H18N2S. The summed E-state index contributed by atoms with van der Waals surface area (Å²) in [6, 6.07) is 21.0. The van der Waals surface area contributed by atoms with Gasteiger partial charge in [-0.3, -0.25) is 0 Å². The Morgan fingerprint density at radius 1 is 0.952 bits per heavy atom. The summed E-state index contributed by atoms with van der Waals surface area (Å²) in [5.74, 6) is 1.03. The second-order valence-electron chi connectivity index (χ2n) is 4.80. The van der Waals surface area contributed by atoms with Crippen LogP contribution < -0.4 is 0 Å². The molecule has 0 N–H and O–H groups in total. The molecule has 21 heavy (non-hydrogen) atoms. The predicted molar refractivity (Wildman–Crippen MR) is 89.6 cm³/mol. The number of benzene rings is 2. The van der Waals surface area contributed by atoms with Crippen LogP contribution in [0.5, 0.6) is 0 Å². The van der Waals surface area contributed by atoms with Gasteiger partial charge in [0.05, 0.1) is 18.4 Å². The maximum absolute atomic E-state index is 4.60. The number of thioether (sulfide) groups is 1. The van der Waals surface area contributed by atoms with Crippen LogP contribution in [0, 0.1) is 0 Å². The lowest BCUT2D eigenvalue weighted by Gasteiger charge is -2.11. The van der Waals surface area contributed by atoms with Gasteiger partial charge in [-0.2, -0.15) is 0 Å². The summed E-state index contributed by atoms with van der Waals surface area (Å²) < 4.78 is 2.30. The molecule has 0 atom stereocenters. The lowest BCUT2D eigenvalue weighted by molar-refractivity contribution is 0.715. The van der Waals surface area contributed by atoms with Gasteiger partial charge in [0, 0.05) is 0 Å². The Morgan fingerprint density at radius 2 is 1.62 bits per heavy atom. The number of nitrogens with zero attached hydrogens (tertiary/aromatic N) is 2. The minimum atomic E-state index is 0.855. The molecule has 0 unspecified atom stereocenters. The van der Waals surface area contributed by atoms with Gasteiger partial charge in [-0.1, -0.05) is 79.3 Å². The fraction of sp³-hybridized carbons (Fsp3) is 0.167. The van der Waals surface area contributed by atoms with Crippen molar-refractivity contribution in [3.8, 4) is 11.3 Å². The summed E-state index contributed by atoms with van der Waals surface area (Å²) in [5.41, 5.74) is 3.69. The van der Waals surface area contributed by atoms with Gasteiger partial charge < -0.3 is 4.57 Å². The molecule has 0 bridgehead atoms. The van der Waals surface area contributed by atoms with Crippen molar-refractivity contribution < 1.29 is 0 Å². The van der Waals surface area contributed by atoms with E-state index < -0.39 is 0 Å². The van der Waals surface area contributed by atoms with Crippen molar-refractivity contribution in [2.24, 2.45) is 0 Å². The van der Waals surface area contributed by atoms with E-state index in [1.54, 1.807) is 11.8 Å². The van der Waals surface area contributed by atoms with Crippen LogP contribution in [0.4, 0.5) is 0 Å². The number of aromatic nitrogens is 2. The second-order valence-corrected chi connectivity index (χ2v) is 6.03. The predicted octanol–water partition coefficient (Wildman–Crippen LogP) is 4.71. The second kappa shape index (κ2) is 6.64. The Hall–Kier alpha value is -2.00. The molecule has 106 valence electrons. The Balaban J connectivity index is 2.01. The third-order valence-corrected chi connectivity index (χ3v) is 4.22. The van der Waals surface area contributed by atoms with Gasteiger partial charge in [0.1, 0.15) is 0 Å². The molecule has 3 rings (SSSR count). The maximum Gasteiger partial charge on any atom is 0.168 e. The standard InChI is InChI=1S/C18H18N2S/c1-2-21-18-19-13-17(16-11-7-4-8-12-16)20(18)14-15-9-5-3-6-10-15/h3-13H,2,14H2,1H3. The highest BCUT2D eigenvalue weighted by atomic mass is 32.2. The van der Waals surface area contributed by atoms with Crippen LogP contribution in [0.25, 0.3) is 11.3 Å². The average molecular weight is 294 g/mol. The number of hydrogen-bond acceptors (Lipinski definition) is 2. The van der Waals surface area contributed by atoms with E-state index in [1.165, 1.54) is 16.8 Å². The van der Waals surface area contributed by atoms with Crippen LogP contribution in [0.3, 0.4) is 0 Å². The summed E-state index contributed by atoms with van der Waals surface area (Å²) in [7, 11) is 0. The van der Waals surface area contributed by atoms with Gasteiger partial charge in [0.15, 0.2) is 5.16 Å². The molecule has 3 aromatic rings. The van der Waals surface area contributed by atoms with Gasteiger partial charge in [-0.25, -0.2) is 4.98 Å². The molecule has 0 aliphatic carbocycles. The third-order valence-electron chi connectivity index (χ3n) is 3.35. The highest BCUT2D eigenvalue weighted by Gasteiger charge is 2.11. The van der Waals surface area contributed by atoms with Gasteiger partial charge in [-0.05, 0) is 16.9 Å². The van der Waals surface area contributed by atoms with Crippen molar-refractivity contribution >= 4 is 11.8 Å². The minimum Gasteiger partial charge on any atom is -0.314 e. The monoisotopic (exact) mass is 294 g/mol. The van der Waals surface area contributed by atoms with Crippen molar-refractivity contribution in [2.45, 2.75) is 18.6 Å². The first-order valence-electron chi connectivity index (χ1n) is 7.16. The molecule has 0 saturated heterocycles. The van der Waals surface area contributed by atoms with Crippen LogP contribution in [-0.4, -0.2) is 15.3 Å². The Labute approximate surface area is 129 Å². The first-order valence-corrected chi connectivity index (χ1v) is 8.14. The number of imidazole rings is 1. The SMILES string of the molecule is CCSc1ncc(-c2ccccc2)n1Cc1ccccc1. The molecule has 2 nitrogen and oxygen atoms in total. The largest absolute Gasteiger partial charge is 0.314 e. The summed E-state index contributed by atoms with van der Waals surface area (Å²) in [5, 5.41) is 1.08. The van der Waals surface area contributed by atoms with Crippen LogP contribution in [0.15, 0.2) is 72.0 Å². The molecular weight excluding hydrogens is 276 g/mol. The molecule has 1 aromatic heterocycles. The minimum absolute atomic E-state index is 0.855. The average Bonchev–Trinajstić information content (AvgIpc) is 2.92. The summed E-state index contributed by atoms with van der Waals surface area (Å²) in [4.78, 5) is 4.60. The molecule has 0 amide bonds. The summed E-state index contributed by atoms with van der Waals surface area (Å²) in [6.45, 7) is 3.02. The van der Waals surface area contributed by atoms with E-state index in [2.05, 4.69) is 71.1 Å². The smallest absolute Gasteiger partial charge is 0.168 e. The van der Waals surface area contributed by atoms with Crippen LogP contribution in [0.1, 0.15) is 12.5 Å². The van der Waals surface area contributed by atoms with Crippen molar-refractivity contribution in [2.75, 3.05) is 5.75 Å². The van der Waals surface area contributed by atoms with Crippen molar-refractivity contribution in [3.05, 3.63) is 72.4 Å². The van der Waals surface area contributed by atoms with Crippen LogP contribution in [-0.2, 0) is 6.54 Å². The molecule has 2 aromatic carbocycles. The molecule has 0 aliphatic heterocycles. The van der Waals surface area contributed by atoms with E-state index in [9.17, 15) is 0 Å². The van der Waals surface area contributed by atoms with E-state index in [-0.39, 0.29) is 0 Å². The van der Waals surface area contributed by atoms with Crippen molar-refractivity contribution in [1.29, 1.82) is 0 Å². The zero-order chi connectivity index (χ0) is 14.5. The summed E-state index contributed by atoms with van der Waals surface area (Å²) >= 11 is 1.79. The Bertz CT molecular complexity index is 690. The maximum atomic E-state index is 4.60. The molecule has 3 heteroatoms. The third kappa shape index (κ3) is 3.19. The lowest BCUT2D eigenvalue weighted by Crippen LogP contribution is -2.03. The normalized spacial score (nSPS) is 10.7. The van der Waals surface area contributed by atoms with Gasteiger partial charge in [-0.15, -0.1) is 0 Å². The Morgan fingerprint density at radius 3 is 2.29 bits per heavy atom. The van der Waals surface area contributed by atoms with Crippen LogP contribution >= 0.6 is 11.8 Å². The highest BCUT2D eigenvalue weighted by molar-refractivity contribution is 7.99. The quantitative estimate of drug-likeness (QED) is 0.634. The fourth-order valence-corrected chi connectivity index (χ4v) is 3.07. The molecule has 0 saturated carbocycles. The lowest BCUT2D eigenvalue weighted by atomic mass is 10.1. The fourth-order valence-electron chi connectivity index (χ4n) is 2.36. The van der Waals surface area contributed by atoms with E-state index in [4.69, 9.17) is 0 Å². The van der Waals surface area contributed by atoms with Gasteiger partial charge >= 0.3 is 0 Å². The molecule has 0 aliphatic rings. The van der Waals surface area contributed by atoms with Crippen molar-refractivity contribution in [1.82, 2.24) is 9.55 Å². The molecule has 0 radical (unpaired) electrons. The van der Waals surface area contributed by atoms with Crippen LogP contribution in [0.2, 0.25) is 0 Å². The number of rotatable bonds is 5. The molecule has 0 spiro atoms. The molecule has 0 fully saturated rings. The van der Waals surface area contributed by atoms with E-state index in [1.807, 2.05) is 12.3 Å². The van der Waals surface area contributed by atoms with E-state index >= 15 is 0 Å². The highest BCUT2D eigenvalue weighted by Crippen LogP contribution is 2.26. The zero-order valence-corrected chi connectivity index (χ0v) is 12.9. The first-order chi connectivity index (χ1) is 10.4. The van der Waals surface area contributed by atoms with Crippen molar-refractivity contribution in [3.63, 3.8) is 0 Å². The van der Waals surface area contributed by atoms with E-state index in [0.29, 0.717) is 0 Å². The topological polar surface area (TPSA) is 17.8 Å². The van der Waals surface area contributed by atoms with E-state index in [0.717, 1.165) is 17.5 Å². The van der Waals surface area contributed by atoms with Gasteiger partial charge in [0.25, 0.3) is 0 Å². The molecule has 1 heterocycles. The first kappa shape index (κ1) is 14.0. The van der Waals surface area contributed by atoms with Gasteiger partial charge in [0.2, 0.25) is 0 Å².